The van der Waals surface area contributed by atoms with E-state index in [4.69, 9.17) is 11.6 Å². The summed E-state index contributed by atoms with van der Waals surface area (Å²) in [5.41, 5.74) is 4.62. The number of imide groups is 2. The average molecular weight is 761 g/mol. The van der Waals surface area contributed by atoms with Crippen molar-refractivity contribution in [2.75, 3.05) is 80.1 Å². The Morgan fingerprint density at radius 2 is 1.58 bits per heavy atom. The van der Waals surface area contributed by atoms with Gasteiger partial charge in [-0.3, -0.25) is 39.1 Å². The van der Waals surface area contributed by atoms with E-state index in [9.17, 15) is 29.2 Å². The van der Waals surface area contributed by atoms with Gasteiger partial charge < -0.3 is 19.6 Å². The molecule has 1 N–H and O–H groups in total. The Balaban J connectivity index is 0.787. The van der Waals surface area contributed by atoms with Gasteiger partial charge in [-0.15, -0.1) is 0 Å². The molecule has 5 amide bonds. The van der Waals surface area contributed by atoms with E-state index in [1.54, 1.807) is 18.2 Å². The first kappa shape index (κ1) is 35.3. The number of fused-ring (bicyclic) bond motifs is 1. The number of carbonyl (C=O) groups is 5. The minimum absolute atomic E-state index is 0.0464. The van der Waals surface area contributed by atoms with Crippen LogP contribution in [0.25, 0.3) is 0 Å². The molecule has 0 radical (unpaired) electrons. The number of halogens is 1. The first-order chi connectivity index (χ1) is 26.6. The van der Waals surface area contributed by atoms with E-state index in [-0.39, 0.29) is 24.2 Å². The lowest BCUT2D eigenvalue weighted by molar-refractivity contribution is -0.136. The molecular formula is C41H41ClN8O5. The van der Waals surface area contributed by atoms with Gasteiger partial charge in [-0.2, -0.15) is 5.26 Å². The smallest absolute Gasteiger partial charge is 0.264 e. The SMILES string of the molecule is N#Cc1ccc(N2CCC3(CCN(C(=O)c4cccc(N5CCN(C6CN(c7cccc8c7C(=O)N(C7CCC(=O)NC7=O)C8=O)C6)CC5)c4)C3)C2)cc1Cl. The fraction of sp³-hybridized carbons (Fsp3) is 0.415. The van der Waals surface area contributed by atoms with Gasteiger partial charge in [0.25, 0.3) is 17.7 Å². The molecule has 13 nitrogen and oxygen atoms in total. The Bertz CT molecular complexity index is 2180. The fourth-order valence-corrected chi connectivity index (χ4v) is 9.61. The Kier molecular flexibility index (Phi) is 8.78. The maximum Gasteiger partial charge on any atom is 0.264 e. The Morgan fingerprint density at radius 1 is 0.818 bits per heavy atom. The number of likely N-dealkylation sites (tertiary alicyclic amines) is 1. The molecule has 0 aliphatic carbocycles. The van der Waals surface area contributed by atoms with Crippen LogP contribution in [0.1, 0.15) is 62.3 Å². The van der Waals surface area contributed by atoms with Crippen LogP contribution in [0.15, 0.2) is 60.7 Å². The molecule has 3 aromatic rings. The summed E-state index contributed by atoms with van der Waals surface area (Å²) in [5, 5.41) is 12.0. The zero-order valence-corrected chi connectivity index (χ0v) is 31.1. The van der Waals surface area contributed by atoms with Gasteiger partial charge >= 0.3 is 0 Å². The van der Waals surface area contributed by atoms with E-state index in [1.807, 2.05) is 41.3 Å². The predicted molar refractivity (Wildman–Crippen MR) is 205 cm³/mol. The molecule has 2 atom stereocenters. The van der Waals surface area contributed by atoms with E-state index >= 15 is 0 Å². The number of anilines is 3. The number of piperidine rings is 1. The van der Waals surface area contributed by atoms with Crippen LogP contribution in [0.4, 0.5) is 17.1 Å². The van der Waals surface area contributed by atoms with E-state index in [1.165, 1.54) is 0 Å². The third-order valence-corrected chi connectivity index (χ3v) is 12.9. The van der Waals surface area contributed by atoms with Gasteiger partial charge in [-0.05, 0) is 67.8 Å². The molecule has 0 bridgehead atoms. The van der Waals surface area contributed by atoms with Gasteiger partial charge in [0, 0.05) is 100 Å². The van der Waals surface area contributed by atoms with Crippen LogP contribution in [-0.4, -0.2) is 122 Å². The third-order valence-electron chi connectivity index (χ3n) is 12.5. The van der Waals surface area contributed by atoms with Crippen LogP contribution in [0.2, 0.25) is 5.02 Å². The quantitative estimate of drug-likeness (QED) is 0.372. The maximum absolute atomic E-state index is 13.8. The van der Waals surface area contributed by atoms with Gasteiger partial charge in [0.1, 0.15) is 12.1 Å². The standard InChI is InChI=1S/C41H41ClN8O5/c42-32-20-29(8-7-27(32)21-43)47-13-11-41(24-47)12-14-48(25-41)38(53)26-3-1-4-28(19-26)45-15-17-46(18-16-45)30-22-49(23-30)33-6-2-5-31-36(33)40(55)50(39(31)54)34-9-10-35(51)44-37(34)52/h1-8,19-20,30,34H,9-18,22-25H2,(H,44,51,52). The van der Waals surface area contributed by atoms with Gasteiger partial charge in [0.05, 0.1) is 27.4 Å². The summed E-state index contributed by atoms with van der Waals surface area (Å²) in [5.74, 6) is -1.92. The van der Waals surface area contributed by atoms with Crippen molar-refractivity contribution in [3.63, 3.8) is 0 Å². The van der Waals surface area contributed by atoms with Crippen LogP contribution in [-0.2, 0) is 9.59 Å². The summed E-state index contributed by atoms with van der Waals surface area (Å²) in [7, 11) is 0. The number of hydrogen-bond acceptors (Lipinski definition) is 10. The monoisotopic (exact) mass is 760 g/mol. The maximum atomic E-state index is 13.8. The largest absolute Gasteiger partial charge is 0.371 e. The molecule has 0 saturated carbocycles. The molecule has 0 aromatic heterocycles. The molecule has 6 heterocycles. The van der Waals surface area contributed by atoms with Gasteiger partial charge in [0.2, 0.25) is 11.8 Å². The lowest BCUT2D eigenvalue weighted by atomic mass is 9.86. The third kappa shape index (κ3) is 6.17. The molecule has 14 heteroatoms. The number of hydrogen-bond donors (Lipinski definition) is 1. The second-order valence-electron chi connectivity index (χ2n) is 15.7. The zero-order chi connectivity index (χ0) is 38.0. The summed E-state index contributed by atoms with van der Waals surface area (Å²) in [4.78, 5) is 77.2. The van der Waals surface area contributed by atoms with E-state index in [2.05, 4.69) is 37.1 Å². The molecule has 5 fully saturated rings. The summed E-state index contributed by atoms with van der Waals surface area (Å²) in [6.07, 6.45) is 2.18. The lowest BCUT2D eigenvalue weighted by Crippen LogP contribution is -2.63. The molecule has 5 saturated heterocycles. The lowest BCUT2D eigenvalue weighted by Gasteiger charge is -2.49. The van der Waals surface area contributed by atoms with Gasteiger partial charge in [-0.25, -0.2) is 0 Å². The van der Waals surface area contributed by atoms with Crippen molar-refractivity contribution in [2.45, 2.75) is 37.8 Å². The van der Waals surface area contributed by atoms with Gasteiger partial charge in [0.15, 0.2) is 0 Å². The highest BCUT2D eigenvalue weighted by molar-refractivity contribution is 6.32. The number of nitriles is 1. The van der Waals surface area contributed by atoms with Crippen molar-refractivity contribution in [2.24, 2.45) is 5.41 Å². The molecule has 282 valence electrons. The van der Waals surface area contributed by atoms with E-state index in [0.29, 0.717) is 39.0 Å². The summed E-state index contributed by atoms with van der Waals surface area (Å²) >= 11 is 6.33. The second-order valence-corrected chi connectivity index (χ2v) is 16.1. The zero-order valence-electron chi connectivity index (χ0n) is 30.4. The van der Waals surface area contributed by atoms with Gasteiger partial charge in [-0.1, -0.05) is 23.7 Å². The highest BCUT2D eigenvalue weighted by Crippen LogP contribution is 2.42. The Morgan fingerprint density at radius 3 is 2.35 bits per heavy atom. The van der Waals surface area contributed by atoms with Crippen molar-refractivity contribution in [3.8, 4) is 6.07 Å². The normalized spacial score (nSPS) is 24.4. The van der Waals surface area contributed by atoms with Crippen molar-refractivity contribution in [3.05, 3.63) is 87.9 Å². The van der Waals surface area contributed by atoms with Crippen molar-refractivity contribution < 1.29 is 24.0 Å². The van der Waals surface area contributed by atoms with Crippen LogP contribution in [0, 0.1) is 16.7 Å². The molecule has 9 rings (SSSR count). The molecule has 6 aliphatic rings. The number of benzene rings is 3. The second kappa shape index (κ2) is 13.7. The van der Waals surface area contributed by atoms with Crippen LogP contribution < -0.4 is 20.0 Å². The predicted octanol–water partition coefficient (Wildman–Crippen LogP) is 3.37. The average Bonchev–Trinajstić information content (AvgIpc) is 3.87. The Hall–Kier alpha value is -5.45. The highest BCUT2D eigenvalue weighted by atomic mass is 35.5. The minimum Gasteiger partial charge on any atom is -0.371 e. The number of nitrogens with one attached hydrogen (secondary N) is 1. The molecular weight excluding hydrogens is 720 g/mol. The van der Waals surface area contributed by atoms with E-state index in [0.717, 1.165) is 94.6 Å². The highest BCUT2D eigenvalue weighted by Gasteiger charge is 2.48. The summed E-state index contributed by atoms with van der Waals surface area (Å²) < 4.78 is 0. The topological polar surface area (TPSA) is 141 Å². The van der Waals surface area contributed by atoms with Crippen LogP contribution in [0.5, 0.6) is 0 Å². The molecule has 2 unspecified atom stereocenters. The number of amides is 5. The first-order valence-corrected chi connectivity index (χ1v) is 19.4. The van der Waals surface area contributed by atoms with Crippen LogP contribution in [0.3, 0.4) is 0 Å². The summed E-state index contributed by atoms with van der Waals surface area (Å²) in [6.45, 7) is 8.02. The minimum atomic E-state index is -0.990. The summed E-state index contributed by atoms with van der Waals surface area (Å²) in [6, 6.07) is 20.3. The number of carbonyl (C=O) groups excluding carboxylic acids is 5. The van der Waals surface area contributed by atoms with E-state index < -0.39 is 29.7 Å². The van der Waals surface area contributed by atoms with Crippen molar-refractivity contribution >= 4 is 58.2 Å². The molecule has 6 aliphatic heterocycles. The Labute approximate surface area is 324 Å². The number of piperazine rings is 1. The fourth-order valence-electron chi connectivity index (χ4n) is 9.40. The molecule has 3 aromatic carbocycles. The molecule has 55 heavy (non-hydrogen) atoms. The van der Waals surface area contributed by atoms with Crippen molar-refractivity contribution in [1.29, 1.82) is 5.26 Å². The first-order valence-electron chi connectivity index (χ1n) is 19.0. The number of nitrogens with zero attached hydrogens (tertiary/aromatic N) is 7. The number of rotatable bonds is 6. The van der Waals surface area contributed by atoms with Crippen molar-refractivity contribution in [1.82, 2.24) is 20.0 Å². The molecule has 1 spiro atoms. The van der Waals surface area contributed by atoms with Crippen LogP contribution >= 0.6 is 11.6 Å².